The molecular weight excluding hydrogens is 358 g/mol. The van der Waals surface area contributed by atoms with E-state index in [4.69, 9.17) is 9.47 Å². The van der Waals surface area contributed by atoms with Crippen molar-refractivity contribution in [3.63, 3.8) is 0 Å². The van der Waals surface area contributed by atoms with Gasteiger partial charge in [0, 0.05) is 18.3 Å². The third kappa shape index (κ3) is 4.84. The van der Waals surface area contributed by atoms with Crippen molar-refractivity contribution in [2.24, 2.45) is 0 Å². The number of hydrogen-bond donors (Lipinski definition) is 3. The number of carbonyl (C=O) groups is 2. The van der Waals surface area contributed by atoms with E-state index in [1.54, 1.807) is 14.0 Å². The SMILES string of the molecule is CCOC(=O)C1=C(CNC2CCCCC2)NC(=O)N[C@H]1c1ccc(OC)cc1. The van der Waals surface area contributed by atoms with Gasteiger partial charge >= 0.3 is 12.0 Å². The fourth-order valence-electron chi connectivity index (χ4n) is 3.81. The van der Waals surface area contributed by atoms with Gasteiger partial charge in [0.25, 0.3) is 0 Å². The molecule has 28 heavy (non-hydrogen) atoms. The van der Waals surface area contributed by atoms with Gasteiger partial charge in [0.15, 0.2) is 0 Å². The number of carbonyl (C=O) groups excluding carboxylic acids is 2. The summed E-state index contributed by atoms with van der Waals surface area (Å²) in [5.74, 6) is 0.293. The van der Waals surface area contributed by atoms with Gasteiger partial charge in [-0.15, -0.1) is 0 Å². The first-order valence-electron chi connectivity index (χ1n) is 9.97. The summed E-state index contributed by atoms with van der Waals surface area (Å²) in [4.78, 5) is 25.0. The molecule has 1 fully saturated rings. The molecule has 152 valence electrons. The fourth-order valence-corrected chi connectivity index (χ4v) is 3.81. The molecule has 7 heteroatoms. The fraction of sp³-hybridized carbons (Fsp3) is 0.524. The summed E-state index contributed by atoms with van der Waals surface area (Å²) in [7, 11) is 1.60. The highest BCUT2D eigenvalue weighted by Crippen LogP contribution is 2.29. The summed E-state index contributed by atoms with van der Waals surface area (Å²) >= 11 is 0. The smallest absolute Gasteiger partial charge is 0.338 e. The molecule has 0 spiro atoms. The molecule has 3 N–H and O–H groups in total. The van der Waals surface area contributed by atoms with Crippen molar-refractivity contribution >= 4 is 12.0 Å². The molecule has 0 unspecified atom stereocenters. The normalized spacial score (nSPS) is 20.4. The Labute approximate surface area is 165 Å². The van der Waals surface area contributed by atoms with Crippen LogP contribution in [0.4, 0.5) is 4.79 Å². The molecule has 2 amide bonds. The molecule has 0 bridgehead atoms. The van der Waals surface area contributed by atoms with Crippen LogP contribution in [0.25, 0.3) is 0 Å². The summed E-state index contributed by atoms with van der Waals surface area (Å²) in [6, 6.07) is 6.84. The second kappa shape index (κ2) is 9.59. The maximum absolute atomic E-state index is 12.7. The van der Waals surface area contributed by atoms with Crippen LogP contribution in [0.3, 0.4) is 0 Å². The van der Waals surface area contributed by atoms with Crippen LogP contribution in [-0.2, 0) is 9.53 Å². The average molecular weight is 387 g/mol. The lowest BCUT2D eigenvalue weighted by molar-refractivity contribution is -0.139. The third-order valence-corrected chi connectivity index (χ3v) is 5.27. The minimum atomic E-state index is -0.568. The van der Waals surface area contributed by atoms with Crippen LogP contribution >= 0.6 is 0 Å². The van der Waals surface area contributed by atoms with Crippen molar-refractivity contribution in [2.75, 3.05) is 20.3 Å². The molecule has 1 saturated carbocycles. The van der Waals surface area contributed by atoms with Crippen LogP contribution in [-0.4, -0.2) is 38.3 Å². The minimum absolute atomic E-state index is 0.273. The number of nitrogens with one attached hydrogen (secondary N) is 3. The average Bonchev–Trinajstić information content (AvgIpc) is 2.72. The lowest BCUT2D eigenvalue weighted by Crippen LogP contribution is -2.49. The van der Waals surface area contributed by atoms with Crippen LogP contribution in [0.1, 0.15) is 50.6 Å². The molecule has 2 aliphatic rings. The molecule has 0 aromatic heterocycles. The first kappa shape index (κ1) is 20.2. The van der Waals surface area contributed by atoms with Crippen LogP contribution in [0, 0.1) is 0 Å². The molecular formula is C21H29N3O4. The van der Waals surface area contributed by atoms with Crippen molar-refractivity contribution in [3.05, 3.63) is 41.1 Å². The topological polar surface area (TPSA) is 88.7 Å². The third-order valence-electron chi connectivity index (χ3n) is 5.27. The number of rotatable bonds is 7. The second-order valence-corrected chi connectivity index (χ2v) is 7.13. The second-order valence-electron chi connectivity index (χ2n) is 7.13. The quantitative estimate of drug-likeness (QED) is 0.626. The van der Waals surface area contributed by atoms with Gasteiger partial charge < -0.3 is 25.4 Å². The molecule has 7 nitrogen and oxygen atoms in total. The Morgan fingerprint density at radius 2 is 1.89 bits per heavy atom. The van der Waals surface area contributed by atoms with Gasteiger partial charge in [-0.25, -0.2) is 9.59 Å². The highest BCUT2D eigenvalue weighted by Gasteiger charge is 2.33. The Morgan fingerprint density at radius 1 is 1.18 bits per heavy atom. The summed E-state index contributed by atoms with van der Waals surface area (Å²) in [5.41, 5.74) is 1.82. The van der Waals surface area contributed by atoms with Gasteiger partial charge in [0.05, 0.1) is 25.3 Å². The van der Waals surface area contributed by atoms with Crippen molar-refractivity contribution in [1.29, 1.82) is 0 Å². The zero-order chi connectivity index (χ0) is 19.9. The van der Waals surface area contributed by atoms with Crippen LogP contribution in [0.15, 0.2) is 35.5 Å². The van der Waals surface area contributed by atoms with Crippen molar-refractivity contribution in [2.45, 2.75) is 51.1 Å². The van der Waals surface area contributed by atoms with Gasteiger partial charge in [0.1, 0.15) is 5.75 Å². The summed E-state index contributed by atoms with van der Waals surface area (Å²) < 4.78 is 10.5. The zero-order valence-electron chi connectivity index (χ0n) is 16.5. The molecule has 0 saturated heterocycles. The molecule has 1 atom stereocenters. The molecule has 1 aliphatic heterocycles. The number of hydrogen-bond acceptors (Lipinski definition) is 5. The minimum Gasteiger partial charge on any atom is -0.497 e. The number of urea groups is 1. The summed E-state index contributed by atoms with van der Waals surface area (Å²) in [5, 5.41) is 9.16. The Hall–Kier alpha value is -2.54. The summed E-state index contributed by atoms with van der Waals surface area (Å²) in [6.45, 7) is 2.48. The van der Waals surface area contributed by atoms with Gasteiger partial charge in [-0.2, -0.15) is 0 Å². The van der Waals surface area contributed by atoms with E-state index in [1.807, 2.05) is 24.3 Å². The monoisotopic (exact) mass is 387 g/mol. The van der Waals surface area contributed by atoms with Crippen molar-refractivity contribution < 1.29 is 19.1 Å². The Bertz CT molecular complexity index is 724. The first-order chi connectivity index (χ1) is 13.6. The molecule has 3 rings (SSSR count). The largest absolute Gasteiger partial charge is 0.497 e. The van der Waals surface area contributed by atoms with Crippen LogP contribution < -0.4 is 20.7 Å². The van der Waals surface area contributed by atoms with Gasteiger partial charge in [-0.05, 0) is 37.5 Å². The maximum atomic E-state index is 12.7. The number of ether oxygens (including phenoxy) is 2. The molecule has 1 aromatic carbocycles. The van der Waals surface area contributed by atoms with Crippen molar-refractivity contribution in [3.8, 4) is 5.75 Å². The Morgan fingerprint density at radius 3 is 2.54 bits per heavy atom. The number of esters is 1. The predicted molar refractivity (Wildman–Crippen MR) is 106 cm³/mol. The molecule has 0 radical (unpaired) electrons. The molecule has 1 aromatic rings. The van der Waals surface area contributed by atoms with E-state index in [1.165, 1.54) is 19.3 Å². The number of benzene rings is 1. The van der Waals surface area contributed by atoms with E-state index >= 15 is 0 Å². The van der Waals surface area contributed by atoms with E-state index in [0.29, 0.717) is 29.6 Å². The highest BCUT2D eigenvalue weighted by molar-refractivity contribution is 5.95. The maximum Gasteiger partial charge on any atom is 0.338 e. The van der Waals surface area contributed by atoms with E-state index in [2.05, 4.69) is 16.0 Å². The number of methoxy groups -OCH3 is 1. The lowest BCUT2D eigenvalue weighted by Gasteiger charge is -2.31. The van der Waals surface area contributed by atoms with E-state index in [-0.39, 0.29) is 12.6 Å². The predicted octanol–water partition coefficient (Wildman–Crippen LogP) is 2.79. The van der Waals surface area contributed by atoms with Crippen molar-refractivity contribution in [1.82, 2.24) is 16.0 Å². The van der Waals surface area contributed by atoms with Crippen LogP contribution in [0.5, 0.6) is 5.75 Å². The van der Waals surface area contributed by atoms with Gasteiger partial charge in [-0.3, -0.25) is 0 Å². The van der Waals surface area contributed by atoms with E-state index < -0.39 is 12.0 Å². The molecule has 1 aliphatic carbocycles. The first-order valence-corrected chi connectivity index (χ1v) is 9.97. The number of amides is 2. The Balaban J connectivity index is 1.88. The molecule has 1 heterocycles. The standard InChI is InChI=1S/C21H29N3O4/c1-3-28-20(25)18-17(13-22-15-7-5-4-6-8-15)23-21(26)24-19(18)14-9-11-16(27-2)12-10-14/h9-12,15,19,22H,3-8,13H2,1-2H3,(H2,23,24,26)/t19-/m0/s1. The van der Waals surface area contributed by atoms with Gasteiger partial charge in [0.2, 0.25) is 0 Å². The lowest BCUT2D eigenvalue weighted by atomic mass is 9.93. The van der Waals surface area contributed by atoms with Gasteiger partial charge in [-0.1, -0.05) is 31.4 Å². The van der Waals surface area contributed by atoms with Crippen LogP contribution in [0.2, 0.25) is 0 Å². The summed E-state index contributed by atoms with van der Waals surface area (Å²) in [6.07, 6.45) is 5.94. The zero-order valence-corrected chi connectivity index (χ0v) is 16.5. The van der Waals surface area contributed by atoms with E-state index in [0.717, 1.165) is 18.4 Å². The highest BCUT2D eigenvalue weighted by atomic mass is 16.5. The van der Waals surface area contributed by atoms with E-state index in [9.17, 15) is 9.59 Å². The Kier molecular flexibility index (Phi) is 6.92.